The molecule has 2 N–H and O–H groups in total. The van der Waals surface area contributed by atoms with Crippen molar-refractivity contribution in [3.05, 3.63) is 28.7 Å². The molecule has 0 saturated carbocycles. The lowest BCUT2D eigenvalue weighted by Gasteiger charge is -2.15. The molecular weight excluding hydrogens is 292 g/mol. The second-order valence-electron chi connectivity index (χ2n) is 4.91. The molecule has 0 fully saturated rings. The van der Waals surface area contributed by atoms with E-state index in [0.29, 0.717) is 18.4 Å². The van der Waals surface area contributed by atoms with Gasteiger partial charge in [0.2, 0.25) is 5.91 Å². The van der Waals surface area contributed by atoms with E-state index in [0.717, 1.165) is 16.7 Å². The van der Waals surface area contributed by atoms with Crippen LogP contribution in [0, 0.1) is 11.8 Å². The van der Waals surface area contributed by atoms with Gasteiger partial charge in [-0.3, -0.25) is 4.79 Å². The Morgan fingerprint density at radius 3 is 2.67 bits per heavy atom. The molecule has 0 heterocycles. The van der Waals surface area contributed by atoms with Gasteiger partial charge in [-0.1, -0.05) is 42.8 Å². The molecule has 1 aromatic rings. The van der Waals surface area contributed by atoms with Crippen LogP contribution in [0.5, 0.6) is 0 Å². The van der Waals surface area contributed by atoms with E-state index in [2.05, 4.69) is 47.3 Å². The van der Waals surface area contributed by atoms with Crippen molar-refractivity contribution in [1.82, 2.24) is 5.32 Å². The highest BCUT2D eigenvalue weighted by Gasteiger charge is 2.07. The largest absolute Gasteiger partial charge is 0.325 e. The molecule has 1 unspecified atom stereocenters. The lowest BCUT2D eigenvalue weighted by molar-refractivity contribution is -0.115. The zero-order valence-electron chi connectivity index (χ0n) is 11.2. The van der Waals surface area contributed by atoms with Crippen LogP contribution in [0.3, 0.4) is 0 Å². The van der Waals surface area contributed by atoms with Gasteiger partial charge in [-0.2, -0.15) is 0 Å². The molecule has 0 aliphatic heterocycles. The second-order valence-corrected chi connectivity index (χ2v) is 5.83. The fourth-order valence-corrected chi connectivity index (χ4v) is 1.82. The number of hydrogen-bond acceptors (Lipinski definition) is 2. The van der Waals surface area contributed by atoms with Crippen molar-refractivity contribution in [2.45, 2.75) is 20.8 Å². The molecule has 1 rings (SSSR count). The van der Waals surface area contributed by atoms with Gasteiger partial charge in [-0.15, -0.1) is 0 Å². The molecule has 1 aromatic carbocycles. The van der Waals surface area contributed by atoms with Gasteiger partial charge in [0.15, 0.2) is 0 Å². The maximum absolute atomic E-state index is 11.7. The van der Waals surface area contributed by atoms with Gasteiger partial charge in [-0.25, -0.2) is 0 Å². The Hall–Kier alpha value is -0.870. The maximum Gasteiger partial charge on any atom is 0.238 e. The molecule has 0 saturated heterocycles. The van der Waals surface area contributed by atoms with Crippen LogP contribution < -0.4 is 10.6 Å². The topological polar surface area (TPSA) is 41.1 Å². The van der Waals surface area contributed by atoms with Gasteiger partial charge in [0.25, 0.3) is 0 Å². The Balaban J connectivity index is 2.30. The number of carbonyl (C=O) groups excluding carboxylic acids is 1. The van der Waals surface area contributed by atoms with Crippen LogP contribution in [0.2, 0.25) is 0 Å². The molecule has 0 aliphatic rings. The Labute approximate surface area is 117 Å². The maximum atomic E-state index is 11.7. The molecule has 0 aliphatic carbocycles. The third kappa shape index (κ3) is 5.65. The Kier molecular flexibility index (Phi) is 6.36. The first-order valence-electron chi connectivity index (χ1n) is 6.25. The van der Waals surface area contributed by atoms with Crippen LogP contribution in [-0.4, -0.2) is 19.0 Å². The predicted octanol–water partition coefficient (Wildman–Crippen LogP) is 3.27. The highest BCUT2D eigenvalue weighted by molar-refractivity contribution is 9.10. The summed E-state index contributed by atoms with van der Waals surface area (Å²) in [5, 5.41) is 6.03. The molecule has 1 atom stereocenters. The number of benzene rings is 1. The average Bonchev–Trinajstić information content (AvgIpc) is 2.28. The van der Waals surface area contributed by atoms with Gasteiger partial charge in [0.05, 0.1) is 6.54 Å². The first-order valence-corrected chi connectivity index (χ1v) is 7.04. The number of amides is 1. The highest BCUT2D eigenvalue weighted by atomic mass is 79.9. The van der Waals surface area contributed by atoms with Crippen molar-refractivity contribution < 1.29 is 4.79 Å². The SMILES string of the molecule is CC(C)C(C)CNCC(=O)Nc1cccc(Br)c1. The van der Waals surface area contributed by atoms with Crippen molar-refractivity contribution in [2.75, 3.05) is 18.4 Å². The summed E-state index contributed by atoms with van der Waals surface area (Å²) < 4.78 is 0.960. The monoisotopic (exact) mass is 312 g/mol. The zero-order chi connectivity index (χ0) is 13.5. The molecule has 3 nitrogen and oxygen atoms in total. The number of anilines is 1. The number of rotatable bonds is 6. The van der Waals surface area contributed by atoms with E-state index in [1.165, 1.54) is 0 Å². The van der Waals surface area contributed by atoms with Crippen molar-refractivity contribution in [3.63, 3.8) is 0 Å². The molecule has 0 spiro atoms. The molecule has 18 heavy (non-hydrogen) atoms. The summed E-state index contributed by atoms with van der Waals surface area (Å²) in [5.74, 6) is 1.19. The molecular formula is C14H21BrN2O. The minimum absolute atomic E-state index is 0.0101. The first kappa shape index (κ1) is 15.2. The van der Waals surface area contributed by atoms with E-state index in [9.17, 15) is 4.79 Å². The fourth-order valence-electron chi connectivity index (χ4n) is 1.42. The van der Waals surface area contributed by atoms with Crippen molar-refractivity contribution in [1.29, 1.82) is 0 Å². The van der Waals surface area contributed by atoms with Crippen LogP contribution in [0.4, 0.5) is 5.69 Å². The number of hydrogen-bond donors (Lipinski definition) is 2. The van der Waals surface area contributed by atoms with E-state index in [-0.39, 0.29) is 5.91 Å². The summed E-state index contributed by atoms with van der Waals surface area (Å²) in [7, 11) is 0. The lowest BCUT2D eigenvalue weighted by Crippen LogP contribution is -2.32. The van der Waals surface area contributed by atoms with Crippen LogP contribution in [-0.2, 0) is 4.79 Å². The second kappa shape index (κ2) is 7.54. The third-order valence-corrected chi connectivity index (χ3v) is 3.49. The van der Waals surface area contributed by atoms with E-state index in [1.54, 1.807) is 0 Å². The van der Waals surface area contributed by atoms with Crippen molar-refractivity contribution >= 4 is 27.5 Å². The standard InChI is InChI=1S/C14H21BrN2O/c1-10(2)11(3)8-16-9-14(18)17-13-6-4-5-12(15)7-13/h4-7,10-11,16H,8-9H2,1-3H3,(H,17,18). The highest BCUT2D eigenvalue weighted by Crippen LogP contribution is 2.15. The zero-order valence-corrected chi connectivity index (χ0v) is 12.8. The average molecular weight is 313 g/mol. The number of halogens is 1. The van der Waals surface area contributed by atoms with Crippen molar-refractivity contribution in [3.8, 4) is 0 Å². The first-order chi connectivity index (χ1) is 8.49. The Morgan fingerprint density at radius 2 is 2.06 bits per heavy atom. The molecule has 0 aromatic heterocycles. The summed E-state index contributed by atoms with van der Waals surface area (Å²) in [5.41, 5.74) is 0.813. The van der Waals surface area contributed by atoms with Crippen LogP contribution in [0.25, 0.3) is 0 Å². The van der Waals surface area contributed by atoms with Gasteiger partial charge in [0, 0.05) is 10.2 Å². The normalized spacial score (nSPS) is 12.5. The van der Waals surface area contributed by atoms with E-state index in [4.69, 9.17) is 0 Å². The summed E-state index contributed by atoms with van der Waals surface area (Å²) in [6.45, 7) is 7.78. The lowest BCUT2D eigenvalue weighted by atomic mass is 9.98. The van der Waals surface area contributed by atoms with Gasteiger partial charge >= 0.3 is 0 Å². The summed E-state index contributed by atoms with van der Waals surface area (Å²) in [4.78, 5) is 11.7. The number of nitrogens with one attached hydrogen (secondary N) is 2. The summed E-state index contributed by atoms with van der Waals surface area (Å²) >= 11 is 3.37. The van der Waals surface area contributed by atoms with Crippen LogP contribution in [0.15, 0.2) is 28.7 Å². The molecule has 1 amide bonds. The minimum atomic E-state index is -0.0101. The minimum Gasteiger partial charge on any atom is -0.325 e. The number of carbonyl (C=O) groups is 1. The van der Waals surface area contributed by atoms with E-state index >= 15 is 0 Å². The van der Waals surface area contributed by atoms with Crippen molar-refractivity contribution in [2.24, 2.45) is 11.8 Å². The summed E-state index contributed by atoms with van der Waals surface area (Å²) in [6, 6.07) is 7.58. The van der Waals surface area contributed by atoms with Gasteiger partial charge < -0.3 is 10.6 Å². The van der Waals surface area contributed by atoms with E-state index in [1.807, 2.05) is 24.3 Å². The Bertz CT molecular complexity index is 393. The molecule has 4 heteroatoms. The third-order valence-electron chi connectivity index (χ3n) is 3.00. The van der Waals surface area contributed by atoms with Crippen LogP contribution in [0.1, 0.15) is 20.8 Å². The van der Waals surface area contributed by atoms with Gasteiger partial charge in [0.1, 0.15) is 0 Å². The quantitative estimate of drug-likeness (QED) is 0.846. The predicted molar refractivity (Wildman–Crippen MR) is 79.6 cm³/mol. The Morgan fingerprint density at radius 1 is 1.33 bits per heavy atom. The van der Waals surface area contributed by atoms with Gasteiger partial charge in [-0.05, 0) is 36.6 Å². The summed E-state index contributed by atoms with van der Waals surface area (Å²) in [6.07, 6.45) is 0. The smallest absolute Gasteiger partial charge is 0.238 e. The van der Waals surface area contributed by atoms with Crippen LogP contribution >= 0.6 is 15.9 Å². The molecule has 0 bridgehead atoms. The molecule has 100 valence electrons. The van der Waals surface area contributed by atoms with E-state index < -0.39 is 0 Å². The fraction of sp³-hybridized carbons (Fsp3) is 0.500. The molecule has 0 radical (unpaired) electrons.